The predicted molar refractivity (Wildman–Crippen MR) is 80.6 cm³/mol. The lowest BCUT2D eigenvalue weighted by Gasteiger charge is -2.42. The van der Waals surface area contributed by atoms with Crippen LogP contribution in [0.2, 0.25) is 0 Å². The fourth-order valence-electron chi connectivity index (χ4n) is 3.33. The van der Waals surface area contributed by atoms with Gasteiger partial charge in [-0.25, -0.2) is 9.97 Å². The van der Waals surface area contributed by atoms with Crippen LogP contribution >= 0.6 is 0 Å². The summed E-state index contributed by atoms with van der Waals surface area (Å²) in [5.74, 6) is 1.63. The second kappa shape index (κ2) is 5.06. The minimum Gasteiger partial charge on any atom is -0.354 e. The van der Waals surface area contributed by atoms with Gasteiger partial charge < -0.3 is 5.32 Å². The van der Waals surface area contributed by atoms with E-state index in [1.165, 1.54) is 32.1 Å². The van der Waals surface area contributed by atoms with E-state index in [9.17, 15) is 0 Å². The van der Waals surface area contributed by atoms with Crippen molar-refractivity contribution in [3.8, 4) is 11.4 Å². The van der Waals surface area contributed by atoms with Crippen LogP contribution in [-0.4, -0.2) is 26.5 Å². The summed E-state index contributed by atoms with van der Waals surface area (Å²) in [7, 11) is 0. The lowest BCUT2D eigenvalue weighted by atomic mass is 9.65. The fourth-order valence-corrected chi connectivity index (χ4v) is 3.33. The third kappa shape index (κ3) is 2.48. The van der Waals surface area contributed by atoms with Crippen molar-refractivity contribution in [3.05, 3.63) is 30.9 Å². The van der Waals surface area contributed by atoms with Gasteiger partial charge in [-0.2, -0.15) is 0 Å². The molecule has 5 heteroatoms. The van der Waals surface area contributed by atoms with Crippen LogP contribution in [0.25, 0.3) is 11.4 Å². The summed E-state index contributed by atoms with van der Waals surface area (Å²) in [6.07, 6.45) is 13.8. The first-order valence-electron chi connectivity index (χ1n) is 7.69. The molecule has 0 aliphatic heterocycles. The Hall–Kier alpha value is -2.04. The Kier molecular flexibility index (Phi) is 3.05. The monoisotopic (exact) mass is 281 g/mol. The molecule has 0 atom stereocenters. The van der Waals surface area contributed by atoms with E-state index in [2.05, 4.69) is 25.3 Å². The standard InChI is InChI=1S/C16H19N5/c1-5-16(6-1,12-2-3-12)11-20-15-19-7-4-13(21-15)14-10-17-8-9-18-14/h4,7-10,12H,1-3,5-6,11H2,(H,19,20,21). The first-order chi connectivity index (χ1) is 10.4. The SMILES string of the molecule is c1cnc(-c2ccnc(NCC3(C4CC4)CCC3)n2)cn1. The smallest absolute Gasteiger partial charge is 0.223 e. The molecule has 0 unspecified atom stereocenters. The third-order valence-corrected chi connectivity index (χ3v) is 4.87. The summed E-state index contributed by atoms with van der Waals surface area (Å²) in [6, 6.07) is 1.87. The molecule has 2 saturated carbocycles. The Bertz CT molecular complexity index is 620. The van der Waals surface area contributed by atoms with E-state index in [0.29, 0.717) is 11.4 Å². The van der Waals surface area contributed by atoms with Gasteiger partial charge in [0.15, 0.2) is 0 Å². The van der Waals surface area contributed by atoms with Crippen LogP contribution in [-0.2, 0) is 0 Å². The van der Waals surface area contributed by atoms with Crippen LogP contribution in [0.1, 0.15) is 32.1 Å². The van der Waals surface area contributed by atoms with Crippen molar-refractivity contribution in [2.45, 2.75) is 32.1 Å². The summed E-state index contributed by atoms with van der Waals surface area (Å²) in [6.45, 7) is 1.00. The first-order valence-corrected chi connectivity index (χ1v) is 7.69. The fraction of sp³-hybridized carbons (Fsp3) is 0.500. The average Bonchev–Trinajstić information content (AvgIpc) is 3.33. The van der Waals surface area contributed by atoms with Crippen molar-refractivity contribution in [2.75, 3.05) is 11.9 Å². The summed E-state index contributed by atoms with van der Waals surface area (Å²) >= 11 is 0. The summed E-state index contributed by atoms with van der Waals surface area (Å²) in [5.41, 5.74) is 2.12. The molecule has 2 heterocycles. The van der Waals surface area contributed by atoms with Crippen LogP contribution in [0.3, 0.4) is 0 Å². The molecule has 2 aromatic heterocycles. The Balaban J connectivity index is 1.48. The van der Waals surface area contributed by atoms with E-state index >= 15 is 0 Å². The Labute approximate surface area is 124 Å². The second-order valence-electron chi connectivity index (χ2n) is 6.20. The molecule has 0 radical (unpaired) electrons. The highest BCUT2D eigenvalue weighted by molar-refractivity contribution is 5.53. The number of anilines is 1. The molecule has 1 N–H and O–H groups in total. The highest BCUT2D eigenvalue weighted by atomic mass is 15.1. The minimum absolute atomic E-state index is 0.520. The van der Waals surface area contributed by atoms with Gasteiger partial charge in [0, 0.05) is 25.1 Å². The van der Waals surface area contributed by atoms with E-state index in [1.54, 1.807) is 24.8 Å². The molecule has 0 spiro atoms. The van der Waals surface area contributed by atoms with Crippen molar-refractivity contribution in [3.63, 3.8) is 0 Å². The van der Waals surface area contributed by atoms with Gasteiger partial charge >= 0.3 is 0 Å². The number of nitrogens with zero attached hydrogens (tertiary/aromatic N) is 4. The zero-order valence-corrected chi connectivity index (χ0v) is 12.0. The zero-order chi connectivity index (χ0) is 14.1. The van der Waals surface area contributed by atoms with E-state index in [-0.39, 0.29) is 0 Å². The molecule has 2 aromatic rings. The van der Waals surface area contributed by atoms with Crippen LogP contribution in [0.15, 0.2) is 30.9 Å². The van der Waals surface area contributed by atoms with Crippen molar-refractivity contribution in [1.29, 1.82) is 0 Å². The maximum Gasteiger partial charge on any atom is 0.223 e. The zero-order valence-electron chi connectivity index (χ0n) is 12.0. The van der Waals surface area contributed by atoms with E-state index < -0.39 is 0 Å². The molecule has 21 heavy (non-hydrogen) atoms. The van der Waals surface area contributed by atoms with E-state index in [0.717, 1.165) is 23.9 Å². The molecule has 0 bridgehead atoms. The average molecular weight is 281 g/mol. The maximum absolute atomic E-state index is 4.56. The summed E-state index contributed by atoms with van der Waals surface area (Å²) in [5, 5.41) is 3.45. The number of hydrogen-bond donors (Lipinski definition) is 1. The Morgan fingerprint density at radius 3 is 2.67 bits per heavy atom. The second-order valence-corrected chi connectivity index (χ2v) is 6.20. The Morgan fingerprint density at radius 1 is 1.10 bits per heavy atom. The molecule has 0 aromatic carbocycles. The van der Waals surface area contributed by atoms with Crippen molar-refractivity contribution < 1.29 is 0 Å². The van der Waals surface area contributed by atoms with Gasteiger partial charge in [-0.05, 0) is 43.1 Å². The summed E-state index contributed by atoms with van der Waals surface area (Å²) in [4.78, 5) is 17.3. The first kappa shape index (κ1) is 12.7. The van der Waals surface area contributed by atoms with Gasteiger partial charge in [0.05, 0.1) is 11.9 Å². The lowest BCUT2D eigenvalue weighted by Crippen LogP contribution is -2.38. The Morgan fingerprint density at radius 2 is 2.00 bits per heavy atom. The normalized spacial score (nSPS) is 19.8. The molecular weight excluding hydrogens is 262 g/mol. The maximum atomic E-state index is 4.56. The molecule has 108 valence electrons. The van der Waals surface area contributed by atoms with Gasteiger partial charge in [0.2, 0.25) is 5.95 Å². The molecule has 2 aliphatic carbocycles. The molecule has 4 rings (SSSR count). The summed E-state index contributed by atoms with van der Waals surface area (Å²) < 4.78 is 0. The highest BCUT2D eigenvalue weighted by Crippen LogP contribution is 2.56. The molecular formula is C16H19N5. The van der Waals surface area contributed by atoms with Crippen molar-refractivity contribution in [1.82, 2.24) is 19.9 Å². The number of rotatable bonds is 5. The van der Waals surface area contributed by atoms with Gasteiger partial charge in [0.1, 0.15) is 5.69 Å². The number of aromatic nitrogens is 4. The number of hydrogen-bond acceptors (Lipinski definition) is 5. The van der Waals surface area contributed by atoms with E-state index in [4.69, 9.17) is 0 Å². The quantitative estimate of drug-likeness (QED) is 0.913. The largest absolute Gasteiger partial charge is 0.354 e. The van der Waals surface area contributed by atoms with Crippen LogP contribution < -0.4 is 5.32 Å². The van der Waals surface area contributed by atoms with Gasteiger partial charge in [-0.3, -0.25) is 9.97 Å². The third-order valence-electron chi connectivity index (χ3n) is 4.87. The topological polar surface area (TPSA) is 63.6 Å². The van der Waals surface area contributed by atoms with Gasteiger partial charge in [-0.1, -0.05) is 6.42 Å². The molecule has 2 fully saturated rings. The highest BCUT2D eigenvalue weighted by Gasteiger charge is 2.48. The van der Waals surface area contributed by atoms with Crippen LogP contribution in [0.4, 0.5) is 5.95 Å². The predicted octanol–water partition coefficient (Wildman–Crippen LogP) is 2.93. The molecule has 5 nitrogen and oxygen atoms in total. The van der Waals surface area contributed by atoms with Crippen molar-refractivity contribution >= 4 is 5.95 Å². The molecule has 2 aliphatic rings. The minimum atomic E-state index is 0.520. The van der Waals surface area contributed by atoms with Gasteiger partial charge in [0.25, 0.3) is 0 Å². The van der Waals surface area contributed by atoms with E-state index in [1.807, 2.05) is 6.07 Å². The van der Waals surface area contributed by atoms with Crippen molar-refractivity contribution in [2.24, 2.45) is 11.3 Å². The van der Waals surface area contributed by atoms with Crippen LogP contribution in [0, 0.1) is 11.3 Å². The van der Waals surface area contributed by atoms with Crippen LogP contribution in [0.5, 0.6) is 0 Å². The van der Waals surface area contributed by atoms with Gasteiger partial charge in [-0.15, -0.1) is 0 Å². The molecule has 0 saturated heterocycles. The molecule has 0 amide bonds. The number of nitrogens with one attached hydrogen (secondary N) is 1. The lowest BCUT2D eigenvalue weighted by molar-refractivity contribution is 0.118.